The summed E-state index contributed by atoms with van der Waals surface area (Å²) in [5.74, 6) is -4.96. The highest BCUT2D eigenvalue weighted by Crippen LogP contribution is 2.25. The van der Waals surface area contributed by atoms with E-state index >= 15 is 0 Å². The molecular formula is C36H39F3O10. The predicted octanol–water partition coefficient (Wildman–Crippen LogP) is 6.97. The van der Waals surface area contributed by atoms with Gasteiger partial charge in [-0.05, 0) is 80.3 Å². The minimum Gasteiger partial charge on any atom is -0.493 e. The van der Waals surface area contributed by atoms with Gasteiger partial charge < -0.3 is 29.9 Å². The van der Waals surface area contributed by atoms with Gasteiger partial charge in [-0.25, -0.2) is 22.8 Å². The van der Waals surface area contributed by atoms with E-state index in [1.54, 1.807) is 7.11 Å². The van der Waals surface area contributed by atoms with Crippen LogP contribution in [0, 0.1) is 23.4 Å². The molecule has 1 fully saturated rings. The summed E-state index contributed by atoms with van der Waals surface area (Å²) in [7, 11) is 1.65. The zero-order chi connectivity index (χ0) is 36.8. The van der Waals surface area contributed by atoms with E-state index in [0.717, 1.165) is 55.2 Å². The van der Waals surface area contributed by atoms with Crippen molar-refractivity contribution < 1.29 is 62.2 Å². The Bertz CT molecular complexity index is 1550. The zero-order valence-corrected chi connectivity index (χ0v) is 26.9. The van der Waals surface area contributed by atoms with Crippen LogP contribution < -0.4 is 4.74 Å². The Balaban J connectivity index is 0.000000328. The quantitative estimate of drug-likeness (QED) is 0.163. The third-order valence-electron chi connectivity index (χ3n) is 6.57. The first-order chi connectivity index (χ1) is 23.2. The number of hydrogen-bond donors (Lipinski definition) is 4. The molecule has 3 aromatic rings. The highest BCUT2D eigenvalue weighted by molar-refractivity contribution is 5.86. The van der Waals surface area contributed by atoms with Gasteiger partial charge in [-0.15, -0.1) is 0 Å². The fourth-order valence-corrected chi connectivity index (χ4v) is 4.23. The molecule has 1 saturated carbocycles. The van der Waals surface area contributed by atoms with E-state index < -0.39 is 41.9 Å². The number of ether oxygens (including phenoxy) is 2. The molecule has 1 aliphatic carbocycles. The van der Waals surface area contributed by atoms with E-state index in [0.29, 0.717) is 24.3 Å². The molecule has 2 atom stereocenters. The standard InChI is InChI=1S/C11H12O3.C9H7FO2.C8H6F2O2.C8H14O3/c1-2-14-10-6-4-3-5-9(10)7-8-11(12)13;10-8-4-1-7(2-5-8)3-6-9(11)12;9-6-1-2-7(10)5(3-6)4-8(11)12;1-11-7-4-2-3-6(5-7)8(9)10/h3-8H,2H2,1H3,(H,12,13);1-6H,(H,11,12);1-3H,4H2,(H,11,12);6-7H,2-5H2,1H3,(H,9,10). The van der Waals surface area contributed by atoms with Crippen LogP contribution in [-0.2, 0) is 30.3 Å². The lowest BCUT2D eigenvalue weighted by Gasteiger charge is -2.25. The van der Waals surface area contributed by atoms with E-state index in [4.69, 9.17) is 29.9 Å². The lowest BCUT2D eigenvalue weighted by Crippen LogP contribution is -2.26. The molecule has 3 aromatic carbocycles. The summed E-state index contributed by atoms with van der Waals surface area (Å²) >= 11 is 0. The van der Waals surface area contributed by atoms with Crippen molar-refractivity contribution in [2.24, 2.45) is 5.92 Å². The summed E-state index contributed by atoms with van der Waals surface area (Å²) in [5.41, 5.74) is 1.30. The molecule has 4 rings (SSSR count). The molecule has 49 heavy (non-hydrogen) atoms. The van der Waals surface area contributed by atoms with Crippen molar-refractivity contribution in [3.05, 3.63) is 113 Å². The maximum Gasteiger partial charge on any atom is 0.328 e. The Morgan fingerprint density at radius 1 is 0.816 bits per heavy atom. The average molecular weight is 689 g/mol. The molecule has 0 saturated heterocycles. The smallest absolute Gasteiger partial charge is 0.328 e. The number of hydrogen-bond acceptors (Lipinski definition) is 6. The lowest BCUT2D eigenvalue weighted by atomic mass is 9.87. The van der Waals surface area contributed by atoms with Gasteiger partial charge in [0.05, 0.1) is 25.0 Å². The van der Waals surface area contributed by atoms with Crippen molar-refractivity contribution in [2.45, 2.75) is 45.1 Å². The Morgan fingerprint density at radius 2 is 1.43 bits per heavy atom. The maximum absolute atomic E-state index is 12.7. The number of aliphatic carboxylic acids is 4. The van der Waals surface area contributed by atoms with E-state index in [9.17, 15) is 32.3 Å². The molecule has 0 amide bonds. The monoisotopic (exact) mass is 688 g/mol. The fourth-order valence-electron chi connectivity index (χ4n) is 4.23. The van der Waals surface area contributed by atoms with Crippen molar-refractivity contribution in [1.82, 2.24) is 0 Å². The van der Waals surface area contributed by atoms with Gasteiger partial charge in [0.15, 0.2) is 0 Å². The van der Waals surface area contributed by atoms with Gasteiger partial charge in [0.2, 0.25) is 0 Å². The molecule has 0 aliphatic heterocycles. The van der Waals surface area contributed by atoms with E-state index in [2.05, 4.69) is 0 Å². The first-order valence-electron chi connectivity index (χ1n) is 15.0. The summed E-state index contributed by atoms with van der Waals surface area (Å²) < 4.78 is 47.9. The third kappa shape index (κ3) is 18.5. The Morgan fingerprint density at radius 3 is 2.00 bits per heavy atom. The van der Waals surface area contributed by atoms with Crippen LogP contribution in [0.3, 0.4) is 0 Å². The van der Waals surface area contributed by atoms with Gasteiger partial charge in [0, 0.05) is 30.4 Å². The topological polar surface area (TPSA) is 168 Å². The van der Waals surface area contributed by atoms with Gasteiger partial charge in [0.1, 0.15) is 23.2 Å². The van der Waals surface area contributed by atoms with Crippen LogP contribution in [0.15, 0.2) is 78.9 Å². The average Bonchev–Trinajstić information content (AvgIpc) is 3.06. The van der Waals surface area contributed by atoms with Crippen molar-refractivity contribution >= 4 is 36.0 Å². The van der Waals surface area contributed by atoms with Crippen LogP contribution in [0.25, 0.3) is 12.2 Å². The predicted molar refractivity (Wildman–Crippen MR) is 175 cm³/mol. The molecule has 1 aliphatic rings. The number of carbonyl (C=O) groups is 4. The van der Waals surface area contributed by atoms with Gasteiger partial charge in [-0.2, -0.15) is 0 Å². The zero-order valence-electron chi connectivity index (χ0n) is 26.9. The number of benzene rings is 3. The second kappa shape index (κ2) is 23.0. The second-order valence-electron chi connectivity index (χ2n) is 10.2. The number of rotatable bonds is 10. The van der Waals surface area contributed by atoms with E-state index in [1.165, 1.54) is 36.4 Å². The molecule has 10 nitrogen and oxygen atoms in total. The molecular weight excluding hydrogens is 649 g/mol. The summed E-state index contributed by atoms with van der Waals surface area (Å²) in [4.78, 5) is 41.1. The van der Waals surface area contributed by atoms with Crippen LogP contribution >= 0.6 is 0 Å². The normalized spacial score (nSPS) is 15.0. The summed E-state index contributed by atoms with van der Waals surface area (Å²) in [6.07, 6.45) is 8.20. The van der Waals surface area contributed by atoms with Crippen LogP contribution in [0.5, 0.6) is 5.75 Å². The fraction of sp³-hybridized carbons (Fsp3) is 0.278. The molecule has 0 spiro atoms. The first kappa shape index (κ1) is 41.6. The minimum atomic E-state index is -1.18. The molecule has 0 bridgehead atoms. The number of halogens is 3. The van der Waals surface area contributed by atoms with Crippen molar-refractivity contribution in [2.75, 3.05) is 13.7 Å². The first-order valence-corrected chi connectivity index (χ1v) is 15.0. The van der Waals surface area contributed by atoms with Crippen molar-refractivity contribution in [3.8, 4) is 5.75 Å². The highest BCUT2D eigenvalue weighted by atomic mass is 19.1. The lowest BCUT2D eigenvalue weighted by molar-refractivity contribution is -0.144. The SMILES string of the molecule is CCOc1ccccc1C=CC(=O)O.COC1CCCC(C(=O)O)C1.O=C(O)C=Cc1ccc(F)cc1.O=C(O)Cc1cc(F)ccc1F. The van der Waals surface area contributed by atoms with Crippen LogP contribution in [-0.4, -0.2) is 64.1 Å². The van der Waals surface area contributed by atoms with Crippen molar-refractivity contribution in [1.29, 1.82) is 0 Å². The van der Waals surface area contributed by atoms with Gasteiger partial charge >= 0.3 is 23.9 Å². The van der Waals surface area contributed by atoms with Crippen molar-refractivity contribution in [3.63, 3.8) is 0 Å². The van der Waals surface area contributed by atoms with Crippen LogP contribution in [0.2, 0.25) is 0 Å². The summed E-state index contributed by atoms with van der Waals surface area (Å²) in [6, 6.07) is 15.6. The molecule has 4 N–H and O–H groups in total. The molecule has 0 heterocycles. The molecule has 2 unspecified atom stereocenters. The number of carboxylic acids is 4. The third-order valence-corrected chi connectivity index (χ3v) is 6.57. The van der Waals surface area contributed by atoms with E-state index in [-0.39, 0.29) is 23.4 Å². The van der Waals surface area contributed by atoms with Crippen LogP contribution in [0.1, 0.15) is 49.3 Å². The molecule has 264 valence electrons. The maximum atomic E-state index is 12.7. The summed E-state index contributed by atoms with van der Waals surface area (Å²) in [5, 5.41) is 33.7. The largest absolute Gasteiger partial charge is 0.493 e. The summed E-state index contributed by atoms with van der Waals surface area (Å²) in [6.45, 7) is 2.45. The molecule has 0 radical (unpaired) electrons. The number of methoxy groups -OCH3 is 1. The minimum absolute atomic E-state index is 0.137. The Hall–Kier alpha value is -5.43. The number of para-hydroxylation sites is 1. The van der Waals surface area contributed by atoms with Crippen LogP contribution in [0.4, 0.5) is 13.2 Å². The number of carboxylic acid groups (broad SMARTS) is 4. The Kier molecular flexibility index (Phi) is 19.5. The Labute approximate surface area is 281 Å². The molecule has 13 heteroatoms. The molecule has 0 aromatic heterocycles. The second-order valence-corrected chi connectivity index (χ2v) is 10.2. The van der Waals surface area contributed by atoms with Gasteiger partial charge in [0.25, 0.3) is 0 Å². The van der Waals surface area contributed by atoms with E-state index in [1.807, 2.05) is 31.2 Å². The van der Waals surface area contributed by atoms with Gasteiger partial charge in [-0.3, -0.25) is 9.59 Å². The highest BCUT2D eigenvalue weighted by Gasteiger charge is 2.26. The van der Waals surface area contributed by atoms with Gasteiger partial charge in [-0.1, -0.05) is 36.8 Å².